The van der Waals surface area contributed by atoms with E-state index in [0.717, 1.165) is 27.1 Å². The summed E-state index contributed by atoms with van der Waals surface area (Å²) in [5, 5.41) is 4.87. The van der Waals surface area contributed by atoms with Crippen LogP contribution in [0, 0.1) is 0 Å². The summed E-state index contributed by atoms with van der Waals surface area (Å²) in [5.41, 5.74) is 0.405. The number of nitrogens with zero attached hydrogens (tertiary/aromatic N) is 1. The third-order valence-corrected chi connectivity index (χ3v) is 6.25. The number of hydrogen-bond donors (Lipinski definition) is 1. The van der Waals surface area contributed by atoms with Crippen molar-refractivity contribution in [1.29, 1.82) is 0 Å². The summed E-state index contributed by atoms with van der Waals surface area (Å²) in [6.07, 6.45) is 1.41. The molecule has 0 heterocycles. The van der Waals surface area contributed by atoms with Gasteiger partial charge in [-0.05, 0) is 42.1 Å². The Hall–Kier alpha value is -3.26. The number of amides is 1. The van der Waals surface area contributed by atoms with Crippen molar-refractivity contribution < 1.29 is 22.7 Å². The minimum atomic E-state index is -3.69. The van der Waals surface area contributed by atoms with Crippen LogP contribution in [0.2, 0.25) is 0 Å². The van der Waals surface area contributed by atoms with Gasteiger partial charge in [0.25, 0.3) is 0 Å². The molecule has 0 aliphatic carbocycles. The van der Waals surface area contributed by atoms with E-state index in [4.69, 9.17) is 9.47 Å². The number of hydrogen-bond acceptors (Lipinski definition) is 5. The second-order valence-electron chi connectivity index (χ2n) is 7.30. The lowest BCUT2D eigenvalue weighted by atomic mass is 10.1. The summed E-state index contributed by atoms with van der Waals surface area (Å²) >= 11 is 0. The molecular formula is C24H28N2O5S. The second kappa shape index (κ2) is 10.4. The first-order chi connectivity index (χ1) is 15.3. The van der Waals surface area contributed by atoms with Crippen molar-refractivity contribution in [3.8, 4) is 11.5 Å². The first-order valence-electron chi connectivity index (χ1n) is 10.4. The topological polar surface area (TPSA) is 84.9 Å². The fourth-order valence-electron chi connectivity index (χ4n) is 3.56. The highest BCUT2D eigenvalue weighted by Crippen LogP contribution is 2.26. The van der Waals surface area contributed by atoms with Gasteiger partial charge in [0, 0.05) is 5.39 Å². The van der Waals surface area contributed by atoms with E-state index in [2.05, 4.69) is 5.32 Å². The number of benzene rings is 3. The van der Waals surface area contributed by atoms with Crippen LogP contribution in [-0.2, 0) is 14.8 Å². The monoisotopic (exact) mass is 456 g/mol. The zero-order valence-electron chi connectivity index (χ0n) is 18.4. The van der Waals surface area contributed by atoms with Crippen LogP contribution in [0.4, 0.5) is 5.69 Å². The van der Waals surface area contributed by atoms with Crippen molar-refractivity contribution in [2.75, 3.05) is 30.8 Å². The van der Waals surface area contributed by atoms with E-state index in [0.29, 0.717) is 17.9 Å². The molecule has 3 aromatic carbocycles. The average Bonchev–Trinajstić information content (AvgIpc) is 2.79. The molecule has 1 N–H and O–H groups in total. The molecule has 7 nitrogen and oxygen atoms in total. The quantitative estimate of drug-likeness (QED) is 0.471. The van der Waals surface area contributed by atoms with E-state index >= 15 is 0 Å². The largest absolute Gasteiger partial charge is 0.497 e. The van der Waals surface area contributed by atoms with Gasteiger partial charge < -0.3 is 14.8 Å². The molecule has 0 aromatic heterocycles. The van der Waals surface area contributed by atoms with Gasteiger partial charge in [-0.1, -0.05) is 43.3 Å². The zero-order chi connectivity index (χ0) is 23.1. The van der Waals surface area contributed by atoms with E-state index in [1.807, 2.05) is 42.5 Å². The Balaban J connectivity index is 1.67. The van der Waals surface area contributed by atoms with Gasteiger partial charge in [-0.15, -0.1) is 0 Å². The summed E-state index contributed by atoms with van der Waals surface area (Å²) in [5.74, 6) is 0.959. The Kier molecular flexibility index (Phi) is 7.58. The molecule has 0 spiro atoms. The standard InChI is InChI=1S/C24H28N2O5S/c1-4-22(26(32(3,28)29)19-12-14-20(30-2)15-13-19)24(27)25-16-17-31-23-11-7-9-18-8-5-6-10-21(18)23/h5-15,22H,4,16-17H2,1-3H3,(H,25,27)/t22-/m0/s1. The number of methoxy groups -OCH3 is 1. The Labute approximate surface area is 189 Å². The number of anilines is 1. The molecule has 0 aliphatic heterocycles. The summed E-state index contributed by atoms with van der Waals surface area (Å²) in [6, 6.07) is 19.4. The maximum atomic E-state index is 12.9. The Bertz CT molecular complexity index is 1160. The molecule has 0 saturated carbocycles. The molecule has 8 heteroatoms. The molecule has 0 aliphatic rings. The van der Waals surface area contributed by atoms with E-state index in [1.54, 1.807) is 31.2 Å². The van der Waals surface area contributed by atoms with E-state index in [1.165, 1.54) is 7.11 Å². The first kappa shape index (κ1) is 23.4. The lowest BCUT2D eigenvalue weighted by Gasteiger charge is -2.30. The summed E-state index contributed by atoms with van der Waals surface area (Å²) in [4.78, 5) is 12.9. The molecule has 0 unspecified atom stereocenters. The molecule has 170 valence electrons. The van der Waals surface area contributed by atoms with Crippen LogP contribution >= 0.6 is 0 Å². The maximum absolute atomic E-state index is 12.9. The molecule has 1 amide bonds. The molecule has 0 fully saturated rings. The molecule has 1 atom stereocenters. The Morgan fingerprint density at radius 2 is 1.72 bits per heavy atom. The molecule has 0 radical (unpaired) electrons. The molecule has 32 heavy (non-hydrogen) atoms. The van der Waals surface area contributed by atoms with Crippen LogP contribution < -0.4 is 19.1 Å². The zero-order valence-corrected chi connectivity index (χ0v) is 19.3. The van der Waals surface area contributed by atoms with E-state index in [-0.39, 0.29) is 19.1 Å². The number of ether oxygens (including phenoxy) is 2. The van der Waals surface area contributed by atoms with Crippen LogP contribution in [0.1, 0.15) is 13.3 Å². The second-order valence-corrected chi connectivity index (χ2v) is 9.16. The lowest BCUT2D eigenvalue weighted by Crippen LogP contribution is -2.50. The number of fused-ring (bicyclic) bond motifs is 1. The van der Waals surface area contributed by atoms with Gasteiger partial charge in [-0.3, -0.25) is 9.10 Å². The summed E-state index contributed by atoms with van der Waals surface area (Å²) in [6.45, 7) is 2.29. The van der Waals surface area contributed by atoms with Crippen molar-refractivity contribution in [3.63, 3.8) is 0 Å². The van der Waals surface area contributed by atoms with Crippen LogP contribution in [0.25, 0.3) is 10.8 Å². The van der Waals surface area contributed by atoms with Gasteiger partial charge in [-0.25, -0.2) is 8.42 Å². The predicted octanol–water partition coefficient (Wildman–Crippen LogP) is 3.59. The summed E-state index contributed by atoms with van der Waals surface area (Å²) < 4.78 is 37.2. The maximum Gasteiger partial charge on any atom is 0.244 e. The average molecular weight is 457 g/mol. The van der Waals surface area contributed by atoms with Crippen molar-refractivity contribution in [1.82, 2.24) is 5.32 Å². The molecule has 0 bridgehead atoms. The number of sulfonamides is 1. The minimum Gasteiger partial charge on any atom is -0.497 e. The van der Waals surface area contributed by atoms with Crippen molar-refractivity contribution in [2.45, 2.75) is 19.4 Å². The lowest BCUT2D eigenvalue weighted by molar-refractivity contribution is -0.122. The number of carbonyl (C=O) groups excluding carboxylic acids is 1. The van der Waals surface area contributed by atoms with E-state index in [9.17, 15) is 13.2 Å². The van der Waals surface area contributed by atoms with Gasteiger partial charge in [0.15, 0.2) is 0 Å². The fourth-order valence-corrected chi connectivity index (χ4v) is 4.78. The van der Waals surface area contributed by atoms with Gasteiger partial charge in [0.2, 0.25) is 15.9 Å². The van der Waals surface area contributed by atoms with Crippen molar-refractivity contribution in [2.24, 2.45) is 0 Å². The first-order valence-corrected chi connectivity index (χ1v) is 12.2. The summed E-state index contributed by atoms with van der Waals surface area (Å²) in [7, 11) is -2.16. The van der Waals surface area contributed by atoms with Crippen LogP contribution in [0.3, 0.4) is 0 Å². The number of carbonyl (C=O) groups is 1. The van der Waals surface area contributed by atoms with Crippen molar-refractivity contribution >= 4 is 32.4 Å². The highest BCUT2D eigenvalue weighted by Gasteiger charge is 2.31. The molecule has 3 aromatic rings. The molecule has 0 saturated heterocycles. The van der Waals surface area contributed by atoms with Crippen molar-refractivity contribution in [3.05, 3.63) is 66.7 Å². The van der Waals surface area contributed by atoms with Gasteiger partial charge >= 0.3 is 0 Å². The molecular weight excluding hydrogens is 428 g/mol. The normalized spacial score (nSPS) is 12.2. The fraction of sp³-hybridized carbons (Fsp3) is 0.292. The minimum absolute atomic E-state index is 0.249. The number of rotatable bonds is 10. The Morgan fingerprint density at radius 3 is 2.38 bits per heavy atom. The molecule has 3 rings (SSSR count). The predicted molar refractivity (Wildman–Crippen MR) is 127 cm³/mol. The smallest absolute Gasteiger partial charge is 0.244 e. The highest BCUT2D eigenvalue weighted by molar-refractivity contribution is 7.92. The SMILES string of the molecule is CC[C@@H](C(=O)NCCOc1cccc2ccccc12)N(c1ccc(OC)cc1)S(C)(=O)=O. The van der Waals surface area contributed by atoms with Crippen LogP contribution in [-0.4, -0.2) is 46.9 Å². The van der Waals surface area contributed by atoms with E-state index < -0.39 is 16.1 Å². The van der Waals surface area contributed by atoms with Gasteiger partial charge in [0.05, 0.1) is 25.6 Å². The Morgan fingerprint density at radius 1 is 1.03 bits per heavy atom. The highest BCUT2D eigenvalue weighted by atomic mass is 32.2. The van der Waals surface area contributed by atoms with Crippen LogP contribution in [0.15, 0.2) is 66.7 Å². The third kappa shape index (κ3) is 5.50. The number of nitrogens with one attached hydrogen (secondary N) is 1. The third-order valence-electron chi connectivity index (χ3n) is 5.07. The van der Waals surface area contributed by atoms with Gasteiger partial charge in [0.1, 0.15) is 24.1 Å². The van der Waals surface area contributed by atoms with Gasteiger partial charge in [-0.2, -0.15) is 0 Å². The van der Waals surface area contributed by atoms with Crippen LogP contribution in [0.5, 0.6) is 11.5 Å².